The van der Waals surface area contributed by atoms with Crippen LogP contribution in [0.25, 0.3) is 0 Å². The molecule has 0 saturated carbocycles. The van der Waals surface area contributed by atoms with E-state index in [4.69, 9.17) is 9.47 Å². The fraction of sp³-hybridized carbons (Fsp3) is 0.133. The molecule has 2 aromatic rings. The molecule has 2 rings (SSSR count). The van der Waals surface area contributed by atoms with Gasteiger partial charge < -0.3 is 14.6 Å². The first kappa shape index (κ1) is 14.6. The molecule has 20 heavy (non-hydrogen) atoms. The summed E-state index contributed by atoms with van der Waals surface area (Å²) < 4.78 is 11.9. The molecule has 0 bridgehead atoms. The molecule has 5 heteroatoms. The van der Waals surface area contributed by atoms with Crippen LogP contribution in [0.15, 0.2) is 42.5 Å². The summed E-state index contributed by atoms with van der Waals surface area (Å²) in [7, 11) is 1.48. The van der Waals surface area contributed by atoms with Gasteiger partial charge in [0.2, 0.25) is 0 Å². The van der Waals surface area contributed by atoms with Crippen LogP contribution in [-0.4, -0.2) is 18.2 Å². The molecule has 0 saturated heterocycles. The molecule has 0 heterocycles. The minimum Gasteiger partial charge on any atom is -0.493 e. The molecule has 0 radical (unpaired) electrons. The highest BCUT2D eigenvalue weighted by Crippen LogP contribution is 2.31. The fourth-order valence-corrected chi connectivity index (χ4v) is 2.09. The zero-order chi connectivity index (χ0) is 14.5. The quantitative estimate of drug-likeness (QED) is 0.801. The number of ether oxygens (including phenoxy) is 2. The van der Waals surface area contributed by atoms with Gasteiger partial charge in [-0.15, -0.1) is 0 Å². The fourth-order valence-electron chi connectivity index (χ4n) is 1.73. The van der Waals surface area contributed by atoms with Gasteiger partial charge in [-0.1, -0.05) is 18.2 Å². The largest absolute Gasteiger partial charge is 0.493 e. The van der Waals surface area contributed by atoms with Crippen molar-refractivity contribution in [3.05, 3.63) is 57.2 Å². The van der Waals surface area contributed by atoms with Crippen molar-refractivity contribution in [2.75, 3.05) is 7.11 Å². The van der Waals surface area contributed by atoms with Crippen LogP contribution in [0.5, 0.6) is 11.5 Å². The number of carbonyl (C=O) groups is 1. The molecule has 0 spiro atoms. The molecule has 0 amide bonds. The van der Waals surface area contributed by atoms with Crippen LogP contribution in [0.4, 0.5) is 0 Å². The van der Waals surface area contributed by atoms with Gasteiger partial charge in [0.15, 0.2) is 11.5 Å². The van der Waals surface area contributed by atoms with Gasteiger partial charge in [0.05, 0.1) is 7.11 Å². The molecule has 104 valence electrons. The van der Waals surface area contributed by atoms with Gasteiger partial charge in [-0.2, -0.15) is 0 Å². The molecule has 0 aromatic heterocycles. The lowest BCUT2D eigenvalue weighted by Crippen LogP contribution is -2.05. The Balaban J connectivity index is 2.23. The number of hydrogen-bond donors (Lipinski definition) is 1. The summed E-state index contributed by atoms with van der Waals surface area (Å²) in [6.45, 7) is 0.289. The summed E-state index contributed by atoms with van der Waals surface area (Å²) in [5, 5.41) is 9.18. The molecule has 0 unspecified atom stereocenters. The van der Waals surface area contributed by atoms with Gasteiger partial charge in [0, 0.05) is 3.57 Å². The minimum absolute atomic E-state index is 0.0925. The maximum atomic E-state index is 11.2. The molecule has 0 fully saturated rings. The first-order valence-electron chi connectivity index (χ1n) is 5.89. The van der Waals surface area contributed by atoms with Gasteiger partial charge >= 0.3 is 5.97 Å². The van der Waals surface area contributed by atoms with Crippen molar-refractivity contribution in [3.8, 4) is 11.5 Å². The van der Waals surface area contributed by atoms with E-state index in [1.54, 1.807) is 12.1 Å². The maximum absolute atomic E-state index is 11.2. The topological polar surface area (TPSA) is 55.8 Å². The highest BCUT2D eigenvalue weighted by molar-refractivity contribution is 14.1. The molecular formula is C15H13IO4. The van der Waals surface area contributed by atoms with Crippen molar-refractivity contribution in [3.63, 3.8) is 0 Å². The second kappa shape index (κ2) is 6.60. The number of hydrogen-bond acceptors (Lipinski definition) is 3. The lowest BCUT2D eigenvalue weighted by molar-refractivity contribution is 0.0691. The number of carboxylic acids is 1. The van der Waals surface area contributed by atoms with E-state index in [9.17, 15) is 9.90 Å². The van der Waals surface area contributed by atoms with Crippen molar-refractivity contribution >= 4 is 28.6 Å². The zero-order valence-corrected chi connectivity index (χ0v) is 13.0. The molecular weight excluding hydrogens is 371 g/mol. The van der Waals surface area contributed by atoms with E-state index in [0.29, 0.717) is 5.75 Å². The van der Waals surface area contributed by atoms with E-state index in [-0.39, 0.29) is 17.9 Å². The molecule has 1 N–H and O–H groups in total. The number of methoxy groups -OCH3 is 1. The van der Waals surface area contributed by atoms with Crippen LogP contribution in [0, 0.1) is 3.57 Å². The van der Waals surface area contributed by atoms with E-state index in [2.05, 4.69) is 22.6 Å². The van der Waals surface area contributed by atoms with Gasteiger partial charge in [0.1, 0.15) is 12.2 Å². The van der Waals surface area contributed by atoms with E-state index in [1.807, 2.05) is 24.3 Å². The Kier molecular flexibility index (Phi) is 4.84. The predicted octanol–water partition coefficient (Wildman–Crippen LogP) is 3.58. The Hall–Kier alpha value is -1.76. The number of halogens is 1. The van der Waals surface area contributed by atoms with Gasteiger partial charge in [-0.05, 0) is 52.4 Å². The van der Waals surface area contributed by atoms with Crippen molar-refractivity contribution in [2.24, 2.45) is 0 Å². The SMILES string of the molecule is COc1cccc(C(=O)O)c1OCc1ccc(I)cc1. The Morgan fingerprint density at radius 3 is 2.50 bits per heavy atom. The summed E-state index contributed by atoms with van der Waals surface area (Å²) in [6, 6.07) is 12.6. The van der Waals surface area contributed by atoms with E-state index >= 15 is 0 Å². The Morgan fingerprint density at radius 2 is 1.90 bits per heavy atom. The van der Waals surface area contributed by atoms with Crippen molar-refractivity contribution in [1.29, 1.82) is 0 Å². The molecule has 0 atom stereocenters. The first-order chi connectivity index (χ1) is 9.61. The second-order valence-electron chi connectivity index (χ2n) is 4.06. The van der Waals surface area contributed by atoms with Crippen LogP contribution in [0.2, 0.25) is 0 Å². The average molecular weight is 384 g/mol. The summed E-state index contributed by atoms with van der Waals surface area (Å²) in [6.07, 6.45) is 0. The van der Waals surface area contributed by atoms with Crippen LogP contribution in [0.3, 0.4) is 0 Å². The average Bonchev–Trinajstić information content (AvgIpc) is 2.46. The normalized spacial score (nSPS) is 10.1. The van der Waals surface area contributed by atoms with E-state index in [0.717, 1.165) is 9.13 Å². The van der Waals surface area contributed by atoms with Crippen LogP contribution in [0.1, 0.15) is 15.9 Å². The third-order valence-electron chi connectivity index (χ3n) is 2.73. The number of para-hydroxylation sites is 1. The monoisotopic (exact) mass is 384 g/mol. The number of benzene rings is 2. The summed E-state index contributed by atoms with van der Waals surface area (Å²) in [5.41, 5.74) is 1.06. The molecule has 0 aliphatic carbocycles. The lowest BCUT2D eigenvalue weighted by atomic mass is 10.2. The standard InChI is InChI=1S/C15H13IO4/c1-19-13-4-2-3-12(15(17)18)14(13)20-9-10-5-7-11(16)8-6-10/h2-8H,9H2,1H3,(H,17,18). The minimum atomic E-state index is -1.04. The smallest absolute Gasteiger partial charge is 0.339 e. The molecule has 4 nitrogen and oxygen atoms in total. The second-order valence-corrected chi connectivity index (χ2v) is 5.30. The molecule has 2 aromatic carbocycles. The van der Waals surface area contributed by atoms with Crippen molar-refractivity contribution in [2.45, 2.75) is 6.61 Å². The maximum Gasteiger partial charge on any atom is 0.339 e. The van der Waals surface area contributed by atoms with Crippen molar-refractivity contribution < 1.29 is 19.4 Å². The Bertz CT molecular complexity index is 608. The van der Waals surface area contributed by atoms with E-state index in [1.165, 1.54) is 13.2 Å². The lowest BCUT2D eigenvalue weighted by Gasteiger charge is -2.13. The number of rotatable bonds is 5. The number of carboxylic acid groups (broad SMARTS) is 1. The predicted molar refractivity (Wildman–Crippen MR) is 83.4 cm³/mol. The van der Waals surface area contributed by atoms with E-state index < -0.39 is 5.97 Å². The summed E-state index contributed by atoms with van der Waals surface area (Å²) >= 11 is 2.22. The molecule has 0 aliphatic heterocycles. The van der Waals surface area contributed by atoms with Gasteiger partial charge in [-0.25, -0.2) is 4.79 Å². The Labute approximate surface area is 130 Å². The third-order valence-corrected chi connectivity index (χ3v) is 3.44. The summed E-state index contributed by atoms with van der Waals surface area (Å²) in [5.74, 6) is -0.377. The van der Waals surface area contributed by atoms with Crippen molar-refractivity contribution in [1.82, 2.24) is 0 Å². The highest BCUT2D eigenvalue weighted by Gasteiger charge is 2.16. The van der Waals surface area contributed by atoms with Crippen LogP contribution >= 0.6 is 22.6 Å². The third kappa shape index (κ3) is 3.41. The number of aromatic carboxylic acids is 1. The Morgan fingerprint density at radius 1 is 1.20 bits per heavy atom. The van der Waals surface area contributed by atoms with Gasteiger partial charge in [0.25, 0.3) is 0 Å². The van der Waals surface area contributed by atoms with Crippen LogP contribution in [-0.2, 0) is 6.61 Å². The van der Waals surface area contributed by atoms with Crippen LogP contribution < -0.4 is 9.47 Å². The first-order valence-corrected chi connectivity index (χ1v) is 6.97. The van der Waals surface area contributed by atoms with Gasteiger partial charge in [-0.3, -0.25) is 0 Å². The highest BCUT2D eigenvalue weighted by atomic mass is 127. The zero-order valence-electron chi connectivity index (χ0n) is 10.8. The summed E-state index contributed by atoms with van der Waals surface area (Å²) in [4.78, 5) is 11.2. The molecule has 0 aliphatic rings.